The van der Waals surface area contributed by atoms with Crippen molar-refractivity contribution in [3.63, 3.8) is 0 Å². The van der Waals surface area contributed by atoms with Gasteiger partial charge in [-0.3, -0.25) is 4.79 Å². The molecule has 0 aliphatic heterocycles. The molecule has 0 aromatic heterocycles. The van der Waals surface area contributed by atoms with E-state index in [1.165, 1.54) is 5.56 Å². The number of ketones is 1. The molecule has 0 heterocycles. The molecule has 3 heteroatoms. The molecule has 0 amide bonds. The lowest BCUT2D eigenvalue weighted by Gasteiger charge is -2.23. The minimum absolute atomic E-state index is 0.00833. The Morgan fingerprint density at radius 3 is 2.26 bits per heavy atom. The maximum absolute atomic E-state index is 12.5. The summed E-state index contributed by atoms with van der Waals surface area (Å²) < 4.78 is 5.32. The normalized spacial score (nSPS) is 11.2. The van der Waals surface area contributed by atoms with Gasteiger partial charge < -0.3 is 4.74 Å². The van der Waals surface area contributed by atoms with Crippen LogP contribution in [0.25, 0.3) is 0 Å². The SMILES string of the molecule is CCCc1ccc(C(=O)C(C)(C)C(=S)OCC)cc1. The highest BCUT2D eigenvalue weighted by Crippen LogP contribution is 2.25. The Morgan fingerprint density at radius 1 is 1.21 bits per heavy atom. The first-order valence-electron chi connectivity index (χ1n) is 6.74. The fourth-order valence-electron chi connectivity index (χ4n) is 1.88. The monoisotopic (exact) mass is 278 g/mol. The first-order chi connectivity index (χ1) is 8.93. The Morgan fingerprint density at radius 2 is 1.79 bits per heavy atom. The van der Waals surface area contributed by atoms with E-state index in [4.69, 9.17) is 17.0 Å². The van der Waals surface area contributed by atoms with Gasteiger partial charge in [0.15, 0.2) is 10.8 Å². The molecule has 104 valence electrons. The standard InChI is InChI=1S/C16H22O2S/c1-5-7-12-8-10-13(11-9-12)14(17)16(3,4)15(19)18-6-2/h8-11H,5-7H2,1-4H3. The van der Waals surface area contributed by atoms with Crippen LogP contribution in [-0.2, 0) is 11.2 Å². The fourth-order valence-corrected chi connectivity index (χ4v) is 2.09. The summed E-state index contributed by atoms with van der Waals surface area (Å²) in [5, 5.41) is 0.359. The van der Waals surface area contributed by atoms with Gasteiger partial charge >= 0.3 is 0 Å². The Kier molecular flexibility index (Phi) is 5.67. The highest BCUT2D eigenvalue weighted by molar-refractivity contribution is 7.80. The van der Waals surface area contributed by atoms with Crippen LogP contribution in [0.3, 0.4) is 0 Å². The van der Waals surface area contributed by atoms with Crippen LogP contribution in [0.5, 0.6) is 0 Å². The maximum Gasteiger partial charge on any atom is 0.176 e. The molecule has 1 rings (SSSR count). The van der Waals surface area contributed by atoms with Gasteiger partial charge in [-0.2, -0.15) is 0 Å². The molecule has 0 aliphatic carbocycles. The van der Waals surface area contributed by atoms with Crippen LogP contribution in [0.4, 0.5) is 0 Å². The third-order valence-electron chi connectivity index (χ3n) is 3.11. The van der Waals surface area contributed by atoms with E-state index in [9.17, 15) is 4.79 Å². The van der Waals surface area contributed by atoms with Gasteiger partial charge in [0, 0.05) is 5.56 Å². The number of benzene rings is 1. The molecule has 0 saturated heterocycles. The van der Waals surface area contributed by atoms with Crippen molar-refractivity contribution in [2.75, 3.05) is 6.61 Å². The lowest BCUT2D eigenvalue weighted by Crippen LogP contribution is -2.34. The van der Waals surface area contributed by atoms with Crippen LogP contribution < -0.4 is 0 Å². The second-order valence-corrected chi connectivity index (χ2v) is 5.49. The number of hydrogen-bond acceptors (Lipinski definition) is 3. The third-order valence-corrected chi connectivity index (χ3v) is 3.74. The second-order valence-electron chi connectivity index (χ2n) is 5.12. The van der Waals surface area contributed by atoms with Crippen molar-refractivity contribution in [3.8, 4) is 0 Å². The molecule has 0 atom stereocenters. The smallest absolute Gasteiger partial charge is 0.176 e. The molecule has 0 unspecified atom stereocenters. The Hall–Kier alpha value is -1.22. The van der Waals surface area contributed by atoms with Crippen LogP contribution in [0.1, 0.15) is 50.0 Å². The van der Waals surface area contributed by atoms with E-state index in [1.54, 1.807) is 0 Å². The zero-order valence-corrected chi connectivity index (χ0v) is 13.0. The molecule has 19 heavy (non-hydrogen) atoms. The molecule has 0 spiro atoms. The molecular formula is C16H22O2S. The van der Waals surface area contributed by atoms with Gasteiger partial charge in [-0.05, 0) is 45.0 Å². The van der Waals surface area contributed by atoms with Crippen LogP contribution >= 0.6 is 12.2 Å². The van der Waals surface area contributed by atoms with E-state index >= 15 is 0 Å². The molecule has 1 aromatic carbocycles. The van der Waals surface area contributed by atoms with Gasteiger partial charge in [0.05, 0.1) is 12.0 Å². The summed E-state index contributed by atoms with van der Waals surface area (Å²) >= 11 is 5.19. The van der Waals surface area contributed by atoms with Gasteiger partial charge in [-0.15, -0.1) is 0 Å². The Labute approximate surface area is 121 Å². The minimum atomic E-state index is -0.766. The van der Waals surface area contributed by atoms with E-state index in [-0.39, 0.29) is 5.78 Å². The number of hydrogen-bond donors (Lipinski definition) is 0. The van der Waals surface area contributed by atoms with Crippen molar-refractivity contribution in [2.45, 2.75) is 40.5 Å². The zero-order chi connectivity index (χ0) is 14.5. The lowest BCUT2D eigenvalue weighted by atomic mass is 9.84. The van der Waals surface area contributed by atoms with Gasteiger partial charge in [-0.1, -0.05) is 37.6 Å². The number of carbonyl (C=O) groups is 1. The van der Waals surface area contributed by atoms with E-state index in [0.717, 1.165) is 12.8 Å². The van der Waals surface area contributed by atoms with Crippen molar-refractivity contribution in [3.05, 3.63) is 35.4 Å². The predicted molar refractivity (Wildman–Crippen MR) is 82.8 cm³/mol. The molecule has 2 nitrogen and oxygen atoms in total. The molecule has 0 N–H and O–H groups in total. The topological polar surface area (TPSA) is 26.3 Å². The minimum Gasteiger partial charge on any atom is -0.486 e. The number of carbonyl (C=O) groups excluding carboxylic acids is 1. The third kappa shape index (κ3) is 3.87. The fraction of sp³-hybridized carbons (Fsp3) is 0.500. The molecule has 1 aromatic rings. The lowest BCUT2D eigenvalue weighted by molar-refractivity contribution is 0.0881. The summed E-state index contributed by atoms with van der Waals surface area (Å²) in [6.45, 7) is 8.13. The summed E-state index contributed by atoms with van der Waals surface area (Å²) in [7, 11) is 0. The molecular weight excluding hydrogens is 256 g/mol. The van der Waals surface area contributed by atoms with Crippen molar-refractivity contribution >= 4 is 23.1 Å². The Bertz CT molecular complexity index is 446. The maximum atomic E-state index is 12.5. The van der Waals surface area contributed by atoms with Gasteiger partial charge in [0.1, 0.15) is 0 Å². The van der Waals surface area contributed by atoms with E-state index in [2.05, 4.69) is 6.92 Å². The molecule has 0 fully saturated rings. The number of rotatable bonds is 6. The number of ether oxygens (including phenoxy) is 1. The van der Waals surface area contributed by atoms with E-state index in [0.29, 0.717) is 17.2 Å². The molecule has 0 aliphatic rings. The highest BCUT2D eigenvalue weighted by atomic mass is 32.1. The van der Waals surface area contributed by atoms with Crippen molar-refractivity contribution in [1.29, 1.82) is 0 Å². The summed E-state index contributed by atoms with van der Waals surface area (Å²) in [6.07, 6.45) is 2.14. The van der Waals surface area contributed by atoms with Crippen molar-refractivity contribution < 1.29 is 9.53 Å². The average molecular weight is 278 g/mol. The zero-order valence-electron chi connectivity index (χ0n) is 12.2. The van der Waals surface area contributed by atoms with E-state index < -0.39 is 5.41 Å². The molecule has 0 radical (unpaired) electrons. The van der Waals surface area contributed by atoms with Crippen LogP contribution in [0.15, 0.2) is 24.3 Å². The van der Waals surface area contributed by atoms with Crippen molar-refractivity contribution in [1.82, 2.24) is 0 Å². The second kappa shape index (κ2) is 6.80. The average Bonchev–Trinajstić information content (AvgIpc) is 2.39. The summed E-state index contributed by atoms with van der Waals surface area (Å²) in [5.41, 5.74) is 1.17. The Balaban J connectivity index is 2.90. The summed E-state index contributed by atoms with van der Waals surface area (Å²) in [6, 6.07) is 7.78. The van der Waals surface area contributed by atoms with Gasteiger partial charge in [0.25, 0.3) is 0 Å². The molecule has 0 saturated carbocycles. The number of Topliss-reactive ketones (excluding diaryl/α,β-unsaturated/α-hetero) is 1. The van der Waals surface area contributed by atoms with E-state index in [1.807, 2.05) is 45.0 Å². The number of aryl methyl sites for hydroxylation is 1. The predicted octanol–water partition coefficient (Wildman–Crippen LogP) is 4.21. The van der Waals surface area contributed by atoms with Crippen LogP contribution in [0.2, 0.25) is 0 Å². The quantitative estimate of drug-likeness (QED) is 0.576. The van der Waals surface area contributed by atoms with Crippen molar-refractivity contribution in [2.24, 2.45) is 5.41 Å². The molecule has 0 bridgehead atoms. The number of thiocarbonyl (C=S) groups is 1. The van der Waals surface area contributed by atoms with Gasteiger partial charge in [-0.25, -0.2) is 0 Å². The summed E-state index contributed by atoms with van der Waals surface area (Å²) in [4.78, 5) is 12.5. The summed E-state index contributed by atoms with van der Waals surface area (Å²) in [5.74, 6) is 0.00833. The van der Waals surface area contributed by atoms with Gasteiger partial charge in [0.2, 0.25) is 0 Å². The van der Waals surface area contributed by atoms with Crippen LogP contribution in [0, 0.1) is 5.41 Å². The first kappa shape index (κ1) is 15.8. The van der Waals surface area contributed by atoms with Crippen LogP contribution in [-0.4, -0.2) is 17.4 Å². The first-order valence-corrected chi connectivity index (χ1v) is 7.15. The highest BCUT2D eigenvalue weighted by Gasteiger charge is 2.34. The largest absolute Gasteiger partial charge is 0.486 e.